The summed E-state index contributed by atoms with van der Waals surface area (Å²) >= 11 is 0. The van der Waals surface area contributed by atoms with Gasteiger partial charge in [-0.05, 0) is 32.8 Å². The summed E-state index contributed by atoms with van der Waals surface area (Å²) in [5, 5.41) is 13.3. The van der Waals surface area contributed by atoms with E-state index in [1.165, 1.54) is 17.7 Å². The van der Waals surface area contributed by atoms with Crippen molar-refractivity contribution < 1.29 is 18.4 Å². The maximum absolute atomic E-state index is 12.8. The minimum Gasteiger partial charge on any atom is -0.348 e. The number of aromatic nitrogens is 4. The average Bonchev–Trinajstić information content (AvgIpc) is 3.34. The molecule has 2 N–H and O–H groups in total. The Bertz CT molecular complexity index is 839. The summed E-state index contributed by atoms with van der Waals surface area (Å²) in [7, 11) is 0. The lowest BCUT2D eigenvalue weighted by molar-refractivity contribution is 0.0540. The molecule has 3 rings (SSSR count). The van der Waals surface area contributed by atoms with Crippen molar-refractivity contribution in [3.8, 4) is 0 Å². The Labute approximate surface area is 154 Å². The van der Waals surface area contributed by atoms with Crippen molar-refractivity contribution in [2.45, 2.75) is 58.7 Å². The Morgan fingerprint density at radius 3 is 2.56 bits per heavy atom. The summed E-state index contributed by atoms with van der Waals surface area (Å²) < 4.78 is 27.7. The van der Waals surface area contributed by atoms with Crippen LogP contribution in [-0.2, 0) is 6.54 Å². The highest BCUT2D eigenvalue weighted by Crippen LogP contribution is 2.21. The molecule has 2 aromatic rings. The van der Waals surface area contributed by atoms with Gasteiger partial charge in [0.1, 0.15) is 0 Å². The fourth-order valence-corrected chi connectivity index (χ4v) is 3.15. The zero-order valence-corrected chi connectivity index (χ0v) is 15.2. The first-order valence-electron chi connectivity index (χ1n) is 8.93. The monoisotopic (exact) mass is 380 g/mol. The number of alkyl halides is 2. The number of nitrogens with zero attached hydrogens (tertiary/aromatic N) is 4. The normalized spacial score (nSPS) is 14.7. The molecule has 0 spiro atoms. The minimum absolute atomic E-state index is 0.0992. The van der Waals surface area contributed by atoms with E-state index < -0.39 is 12.5 Å². The molecule has 1 aliphatic rings. The Kier molecular flexibility index (Phi) is 5.52. The van der Waals surface area contributed by atoms with E-state index in [9.17, 15) is 18.4 Å². The van der Waals surface area contributed by atoms with E-state index in [1.54, 1.807) is 6.20 Å². The lowest BCUT2D eigenvalue weighted by Crippen LogP contribution is -2.33. The second-order valence-corrected chi connectivity index (χ2v) is 6.55. The van der Waals surface area contributed by atoms with Crippen LogP contribution < -0.4 is 10.6 Å². The first kappa shape index (κ1) is 19.0. The van der Waals surface area contributed by atoms with Crippen LogP contribution in [0.5, 0.6) is 0 Å². The Balaban J connectivity index is 1.79. The number of carbonyl (C=O) groups excluding carboxylic acids is 2. The minimum atomic E-state index is -2.83. The standard InChI is InChI=1S/C17H22F2N6O2/c1-3-24-9-13(14(23-24)16(27)20-11-6-4-5-7-11)21-15(26)12-8-10(2)25(22-12)17(18)19/h8-9,11,17H,3-7H2,1-2H3,(H,20,27)(H,21,26). The molecule has 2 heterocycles. The molecule has 0 bridgehead atoms. The van der Waals surface area contributed by atoms with E-state index >= 15 is 0 Å². The van der Waals surface area contributed by atoms with Crippen LogP contribution in [-0.4, -0.2) is 37.4 Å². The van der Waals surface area contributed by atoms with Crippen LogP contribution in [0.25, 0.3) is 0 Å². The van der Waals surface area contributed by atoms with Gasteiger partial charge in [0.25, 0.3) is 11.8 Å². The van der Waals surface area contributed by atoms with Gasteiger partial charge in [0.15, 0.2) is 11.4 Å². The summed E-state index contributed by atoms with van der Waals surface area (Å²) in [4.78, 5) is 25.0. The molecule has 27 heavy (non-hydrogen) atoms. The maximum Gasteiger partial charge on any atom is 0.333 e. The van der Waals surface area contributed by atoms with Gasteiger partial charge in [-0.2, -0.15) is 19.0 Å². The fraction of sp³-hybridized carbons (Fsp3) is 0.529. The van der Waals surface area contributed by atoms with Crippen molar-refractivity contribution in [2.24, 2.45) is 0 Å². The van der Waals surface area contributed by atoms with Gasteiger partial charge in [0.05, 0.1) is 5.69 Å². The van der Waals surface area contributed by atoms with Crippen LogP contribution in [0.4, 0.5) is 14.5 Å². The molecule has 10 heteroatoms. The lowest BCUT2D eigenvalue weighted by Gasteiger charge is -2.11. The average molecular weight is 380 g/mol. The predicted molar refractivity (Wildman–Crippen MR) is 93.8 cm³/mol. The molecule has 1 aliphatic carbocycles. The quantitative estimate of drug-likeness (QED) is 0.806. The Hall–Kier alpha value is -2.78. The van der Waals surface area contributed by atoms with Crippen LogP contribution in [0.3, 0.4) is 0 Å². The Morgan fingerprint density at radius 2 is 1.96 bits per heavy atom. The van der Waals surface area contributed by atoms with Gasteiger partial charge < -0.3 is 10.6 Å². The van der Waals surface area contributed by atoms with Crippen molar-refractivity contribution in [1.82, 2.24) is 24.9 Å². The smallest absolute Gasteiger partial charge is 0.333 e. The molecule has 0 aliphatic heterocycles. The van der Waals surface area contributed by atoms with Crippen LogP contribution in [0.15, 0.2) is 12.3 Å². The van der Waals surface area contributed by atoms with Crippen LogP contribution in [0, 0.1) is 6.92 Å². The summed E-state index contributed by atoms with van der Waals surface area (Å²) in [5.74, 6) is -1.04. The van der Waals surface area contributed by atoms with Gasteiger partial charge in [-0.15, -0.1) is 0 Å². The third-order valence-corrected chi connectivity index (χ3v) is 4.58. The molecule has 8 nitrogen and oxygen atoms in total. The number of aryl methyl sites for hydroxylation is 2. The predicted octanol–water partition coefficient (Wildman–Crippen LogP) is 2.73. The summed E-state index contributed by atoms with van der Waals surface area (Å²) in [6.07, 6.45) is 5.53. The third-order valence-electron chi connectivity index (χ3n) is 4.58. The van der Waals surface area contributed by atoms with E-state index in [4.69, 9.17) is 0 Å². The number of anilines is 1. The lowest BCUT2D eigenvalue weighted by atomic mass is 10.2. The molecule has 0 unspecified atom stereocenters. The van der Waals surface area contributed by atoms with Gasteiger partial charge in [-0.1, -0.05) is 12.8 Å². The molecule has 1 fully saturated rings. The number of rotatable bonds is 6. The van der Waals surface area contributed by atoms with Crippen molar-refractivity contribution in [2.75, 3.05) is 5.32 Å². The molecule has 2 amide bonds. The second-order valence-electron chi connectivity index (χ2n) is 6.55. The summed E-state index contributed by atoms with van der Waals surface area (Å²) in [6.45, 7) is 0.969. The number of hydrogen-bond donors (Lipinski definition) is 2. The maximum atomic E-state index is 12.8. The number of carbonyl (C=O) groups is 2. The molecule has 0 aromatic carbocycles. The molecule has 1 saturated carbocycles. The highest BCUT2D eigenvalue weighted by molar-refractivity contribution is 6.07. The van der Waals surface area contributed by atoms with E-state index in [2.05, 4.69) is 20.8 Å². The first-order valence-corrected chi connectivity index (χ1v) is 8.93. The van der Waals surface area contributed by atoms with Gasteiger partial charge >= 0.3 is 6.55 Å². The van der Waals surface area contributed by atoms with Gasteiger partial charge in [-0.3, -0.25) is 14.3 Å². The molecular formula is C17H22F2N6O2. The largest absolute Gasteiger partial charge is 0.348 e. The highest BCUT2D eigenvalue weighted by Gasteiger charge is 2.24. The number of nitrogens with one attached hydrogen (secondary N) is 2. The second kappa shape index (κ2) is 7.85. The van der Waals surface area contributed by atoms with Crippen molar-refractivity contribution in [3.63, 3.8) is 0 Å². The number of amides is 2. The topological polar surface area (TPSA) is 93.8 Å². The van der Waals surface area contributed by atoms with Crippen molar-refractivity contribution in [3.05, 3.63) is 29.3 Å². The first-order chi connectivity index (χ1) is 12.9. The SMILES string of the molecule is CCn1cc(NC(=O)c2cc(C)n(C(F)F)n2)c(C(=O)NC2CCCC2)n1. The highest BCUT2D eigenvalue weighted by atomic mass is 19.3. The summed E-state index contributed by atoms with van der Waals surface area (Å²) in [5.41, 5.74) is 0.335. The molecule has 146 valence electrons. The molecule has 2 aromatic heterocycles. The fourth-order valence-electron chi connectivity index (χ4n) is 3.15. The van der Waals surface area contributed by atoms with Gasteiger partial charge in [0, 0.05) is 24.5 Å². The van der Waals surface area contributed by atoms with E-state index in [0.29, 0.717) is 11.2 Å². The zero-order chi connectivity index (χ0) is 19.6. The van der Waals surface area contributed by atoms with Gasteiger partial charge in [0.2, 0.25) is 0 Å². The van der Waals surface area contributed by atoms with E-state index in [0.717, 1.165) is 25.7 Å². The van der Waals surface area contributed by atoms with E-state index in [-0.39, 0.29) is 34.7 Å². The van der Waals surface area contributed by atoms with E-state index in [1.807, 2.05) is 6.92 Å². The molecular weight excluding hydrogens is 358 g/mol. The van der Waals surface area contributed by atoms with Crippen molar-refractivity contribution in [1.29, 1.82) is 0 Å². The number of hydrogen-bond acceptors (Lipinski definition) is 4. The van der Waals surface area contributed by atoms with Crippen LogP contribution in [0.2, 0.25) is 0 Å². The van der Waals surface area contributed by atoms with Crippen molar-refractivity contribution >= 4 is 17.5 Å². The van der Waals surface area contributed by atoms with Crippen LogP contribution in [0.1, 0.15) is 65.8 Å². The third kappa shape index (κ3) is 4.15. The Morgan fingerprint density at radius 1 is 1.26 bits per heavy atom. The van der Waals surface area contributed by atoms with Gasteiger partial charge in [-0.25, -0.2) is 4.68 Å². The molecule has 0 radical (unpaired) electrons. The summed E-state index contributed by atoms with van der Waals surface area (Å²) in [6, 6.07) is 1.38. The molecule has 0 atom stereocenters. The molecule has 0 saturated heterocycles. The zero-order valence-electron chi connectivity index (χ0n) is 15.2. The number of halogens is 2. The van der Waals surface area contributed by atoms with Crippen LogP contribution >= 0.6 is 0 Å².